The van der Waals surface area contributed by atoms with E-state index in [1.165, 1.54) is 12.1 Å². The van der Waals surface area contributed by atoms with Gasteiger partial charge >= 0.3 is 0 Å². The third-order valence-corrected chi connectivity index (χ3v) is 2.08. The van der Waals surface area contributed by atoms with Crippen molar-refractivity contribution in [1.82, 2.24) is 0 Å². The van der Waals surface area contributed by atoms with Crippen LogP contribution in [-0.2, 0) is 6.61 Å². The van der Waals surface area contributed by atoms with E-state index in [4.69, 9.17) is 9.84 Å². The van der Waals surface area contributed by atoms with E-state index in [9.17, 15) is 4.39 Å². The number of hydrogen-bond acceptors (Lipinski definition) is 2. The minimum absolute atomic E-state index is 0.168. The predicted octanol–water partition coefficient (Wildman–Crippen LogP) is 2.74. The first-order valence-corrected chi connectivity index (χ1v) is 5.15. The molecule has 0 fully saturated rings. The van der Waals surface area contributed by atoms with Gasteiger partial charge < -0.3 is 9.84 Å². The van der Waals surface area contributed by atoms with Gasteiger partial charge in [0.15, 0.2) is 0 Å². The average Bonchev–Trinajstić information content (AvgIpc) is 2.16. The van der Waals surface area contributed by atoms with Crippen molar-refractivity contribution in [3.63, 3.8) is 0 Å². The standard InChI is InChI=1S/C12H17FO2/c1-9(2)3-4-15-12-6-10(8-14)5-11(13)7-12/h5-7,9,14H,3-4,8H2,1-2H3. The second-order valence-electron chi connectivity index (χ2n) is 3.98. The summed E-state index contributed by atoms with van der Waals surface area (Å²) in [6.45, 7) is 4.62. The maximum Gasteiger partial charge on any atom is 0.127 e. The largest absolute Gasteiger partial charge is 0.493 e. The Balaban J connectivity index is 2.56. The summed E-state index contributed by atoms with van der Waals surface area (Å²) < 4.78 is 18.4. The van der Waals surface area contributed by atoms with Crippen LogP contribution in [0.1, 0.15) is 25.8 Å². The van der Waals surface area contributed by atoms with Crippen LogP contribution in [0.3, 0.4) is 0 Å². The van der Waals surface area contributed by atoms with Crippen LogP contribution >= 0.6 is 0 Å². The molecular formula is C12H17FO2. The molecule has 3 heteroatoms. The average molecular weight is 212 g/mol. The third kappa shape index (κ3) is 4.30. The van der Waals surface area contributed by atoms with Gasteiger partial charge in [-0.05, 0) is 30.0 Å². The Hall–Kier alpha value is -1.09. The quantitative estimate of drug-likeness (QED) is 0.813. The van der Waals surface area contributed by atoms with Crippen LogP contribution in [-0.4, -0.2) is 11.7 Å². The third-order valence-electron chi connectivity index (χ3n) is 2.08. The van der Waals surface area contributed by atoms with Gasteiger partial charge in [0.05, 0.1) is 13.2 Å². The molecule has 0 saturated heterocycles. The van der Waals surface area contributed by atoms with Crippen molar-refractivity contribution in [3.05, 3.63) is 29.6 Å². The summed E-state index contributed by atoms with van der Waals surface area (Å²) in [6, 6.07) is 4.29. The maximum absolute atomic E-state index is 13.0. The van der Waals surface area contributed by atoms with Crippen LogP contribution in [0.2, 0.25) is 0 Å². The number of halogens is 1. The molecule has 84 valence electrons. The maximum atomic E-state index is 13.0. The van der Waals surface area contributed by atoms with Crippen molar-refractivity contribution in [2.24, 2.45) is 5.92 Å². The minimum Gasteiger partial charge on any atom is -0.493 e. The first-order valence-electron chi connectivity index (χ1n) is 5.15. The summed E-state index contributed by atoms with van der Waals surface area (Å²) in [5.74, 6) is 0.677. The van der Waals surface area contributed by atoms with Crippen molar-refractivity contribution in [2.45, 2.75) is 26.9 Å². The van der Waals surface area contributed by atoms with Gasteiger partial charge in [-0.2, -0.15) is 0 Å². The summed E-state index contributed by atoms with van der Waals surface area (Å²) in [5, 5.41) is 8.88. The van der Waals surface area contributed by atoms with E-state index in [-0.39, 0.29) is 12.4 Å². The van der Waals surface area contributed by atoms with Crippen LogP contribution in [0, 0.1) is 11.7 Å². The van der Waals surface area contributed by atoms with Crippen LogP contribution in [0.5, 0.6) is 5.75 Å². The highest BCUT2D eigenvalue weighted by Crippen LogP contribution is 2.17. The molecule has 0 spiro atoms. The fourth-order valence-electron chi connectivity index (χ4n) is 1.21. The summed E-state index contributed by atoms with van der Waals surface area (Å²) in [6.07, 6.45) is 0.935. The van der Waals surface area contributed by atoms with Gasteiger partial charge in [-0.25, -0.2) is 4.39 Å². The van der Waals surface area contributed by atoms with E-state index in [0.717, 1.165) is 6.42 Å². The van der Waals surface area contributed by atoms with Gasteiger partial charge in [0.25, 0.3) is 0 Å². The number of aliphatic hydroxyl groups excluding tert-OH is 1. The summed E-state index contributed by atoms with van der Waals surface area (Å²) in [4.78, 5) is 0. The molecule has 0 radical (unpaired) electrons. The Kier molecular flexibility index (Phi) is 4.56. The lowest BCUT2D eigenvalue weighted by molar-refractivity contribution is 0.273. The Morgan fingerprint density at radius 3 is 2.67 bits per heavy atom. The normalized spacial score (nSPS) is 10.7. The van der Waals surface area contributed by atoms with Gasteiger partial charge in [0.1, 0.15) is 11.6 Å². The SMILES string of the molecule is CC(C)CCOc1cc(F)cc(CO)c1. The predicted molar refractivity (Wildman–Crippen MR) is 57.3 cm³/mol. The molecule has 1 N–H and O–H groups in total. The zero-order chi connectivity index (χ0) is 11.3. The number of aliphatic hydroxyl groups is 1. The van der Waals surface area contributed by atoms with E-state index in [2.05, 4.69) is 13.8 Å². The fourth-order valence-corrected chi connectivity index (χ4v) is 1.21. The van der Waals surface area contributed by atoms with Crippen molar-refractivity contribution < 1.29 is 14.2 Å². The Bertz CT molecular complexity index is 310. The van der Waals surface area contributed by atoms with Gasteiger partial charge in [-0.3, -0.25) is 0 Å². The van der Waals surface area contributed by atoms with Crippen LogP contribution < -0.4 is 4.74 Å². The number of benzene rings is 1. The monoisotopic (exact) mass is 212 g/mol. The first kappa shape index (κ1) is 12.0. The number of rotatable bonds is 5. The molecule has 2 nitrogen and oxygen atoms in total. The summed E-state index contributed by atoms with van der Waals surface area (Å²) in [7, 11) is 0. The van der Waals surface area contributed by atoms with Crippen molar-refractivity contribution in [1.29, 1.82) is 0 Å². The Morgan fingerprint density at radius 1 is 1.33 bits per heavy atom. The summed E-state index contributed by atoms with van der Waals surface area (Å²) >= 11 is 0. The molecular weight excluding hydrogens is 195 g/mol. The molecule has 0 aromatic heterocycles. The molecule has 1 rings (SSSR count). The van der Waals surface area contributed by atoms with E-state index < -0.39 is 0 Å². The Morgan fingerprint density at radius 2 is 2.07 bits per heavy atom. The molecule has 0 bridgehead atoms. The molecule has 0 aliphatic heterocycles. The zero-order valence-electron chi connectivity index (χ0n) is 9.16. The molecule has 15 heavy (non-hydrogen) atoms. The highest BCUT2D eigenvalue weighted by atomic mass is 19.1. The van der Waals surface area contributed by atoms with Gasteiger partial charge in [0, 0.05) is 6.07 Å². The van der Waals surface area contributed by atoms with E-state index in [0.29, 0.717) is 23.8 Å². The lowest BCUT2D eigenvalue weighted by atomic mass is 10.1. The smallest absolute Gasteiger partial charge is 0.127 e. The van der Waals surface area contributed by atoms with Crippen molar-refractivity contribution in [3.8, 4) is 5.75 Å². The van der Waals surface area contributed by atoms with Gasteiger partial charge in [-0.15, -0.1) is 0 Å². The molecule has 1 aromatic rings. The highest BCUT2D eigenvalue weighted by Gasteiger charge is 2.01. The van der Waals surface area contributed by atoms with Gasteiger partial charge in [-0.1, -0.05) is 13.8 Å². The van der Waals surface area contributed by atoms with Crippen LogP contribution in [0.4, 0.5) is 4.39 Å². The highest BCUT2D eigenvalue weighted by molar-refractivity contribution is 5.29. The lowest BCUT2D eigenvalue weighted by Gasteiger charge is -2.09. The molecule has 0 saturated carbocycles. The molecule has 0 aliphatic carbocycles. The zero-order valence-corrected chi connectivity index (χ0v) is 9.16. The fraction of sp³-hybridized carbons (Fsp3) is 0.500. The first-order chi connectivity index (χ1) is 7.11. The number of hydrogen-bond donors (Lipinski definition) is 1. The molecule has 0 heterocycles. The van der Waals surface area contributed by atoms with Crippen molar-refractivity contribution >= 4 is 0 Å². The molecule has 0 aliphatic rings. The van der Waals surface area contributed by atoms with Gasteiger partial charge in [0.2, 0.25) is 0 Å². The van der Waals surface area contributed by atoms with Crippen molar-refractivity contribution in [2.75, 3.05) is 6.61 Å². The summed E-state index contributed by atoms with van der Waals surface area (Å²) in [5.41, 5.74) is 0.537. The van der Waals surface area contributed by atoms with Crippen LogP contribution in [0.25, 0.3) is 0 Å². The van der Waals surface area contributed by atoms with E-state index >= 15 is 0 Å². The lowest BCUT2D eigenvalue weighted by Crippen LogP contribution is -2.02. The molecule has 1 aromatic carbocycles. The van der Waals surface area contributed by atoms with E-state index in [1.807, 2.05) is 0 Å². The molecule has 0 amide bonds. The number of ether oxygens (including phenoxy) is 1. The molecule has 0 atom stereocenters. The molecule has 0 unspecified atom stereocenters. The second-order valence-corrected chi connectivity index (χ2v) is 3.98. The topological polar surface area (TPSA) is 29.5 Å². The van der Waals surface area contributed by atoms with Crippen LogP contribution in [0.15, 0.2) is 18.2 Å². The minimum atomic E-state index is -0.374. The van der Waals surface area contributed by atoms with E-state index in [1.54, 1.807) is 6.07 Å². The second kappa shape index (κ2) is 5.71. The Labute approximate surface area is 89.7 Å².